The third-order valence-electron chi connectivity index (χ3n) is 5.22. The van der Waals surface area contributed by atoms with Crippen molar-refractivity contribution >= 4 is 22.4 Å². The number of aromatic nitrogens is 1. The van der Waals surface area contributed by atoms with Gasteiger partial charge in [-0.15, -0.1) is 11.3 Å². The van der Waals surface area contributed by atoms with Crippen molar-refractivity contribution in [2.45, 2.75) is 39.0 Å². The second kappa shape index (κ2) is 9.76. The number of nitrogens with one attached hydrogen (secondary N) is 1. The predicted octanol–water partition coefficient (Wildman–Crippen LogP) is 4.52. The number of carbonyl (C=O) groups is 1. The van der Waals surface area contributed by atoms with Crippen LogP contribution in [0.1, 0.15) is 34.7 Å². The number of carbonyl (C=O) groups excluding carboxylic acids is 1. The molecule has 1 amide bonds. The summed E-state index contributed by atoms with van der Waals surface area (Å²) < 4.78 is 35.0. The van der Waals surface area contributed by atoms with Crippen molar-refractivity contribution in [3.05, 3.63) is 52.7 Å². The first-order valence-corrected chi connectivity index (χ1v) is 11.1. The van der Waals surface area contributed by atoms with E-state index in [0.717, 1.165) is 31.6 Å². The Kier molecular flexibility index (Phi) is 6.83. The molecule has 0 bridgehead atoms. The van der Waals surface area contributed by atoms with Gasteiger partial charge in [0.15, 0.2) is 5.13 Å². The number of ether oxygens (including phenoxy) is 1. The maximum absolute atomic E-state index is 12.8. The fourth-order valence-corrected chi connectivity index (χ4v) is 4.28. The fraction of sp³-hybridized carbons (Fsp3) is 0.364. The van der Waals surface area contributed by atoms with E-state index in [2.05, 4.69) is 19.9 Å². The molecule has 1 fully saturated rings. The van der Waals surface area contributed by atoms with Gasteiger partial charge in [-0.05, 0) is 38.0 Å². The number of aryl methyl sites for hydroxylation is 1. The molecule has 3 aromatic rings. The number of likely N-dealkylation sites (tertiary alicyclic amines) is 1. The predicted molar refractivity (Wildman–Crippen MR) is 116 cm³/mol. The van der Waals surface area contributed by atoms with E-state index in [1.165, 1.54) is 23.5 Å². The first kappa shape index (κ1) is 22.4. The van der Waals surface area contributed by atoms with E-state index >= 15 is 0 Å². The molecular weight excluding hydrogens is 440 g/mol. The number of benzene rings is 1. The minimum Gasteiger partial charge on any atom is -0.461 e. The third-order valence-corrected chi connectivity index (χ3v) is 6.03. The number of furan rings is 1. The zero-order chi connectivity index (χ0) is 22.7. The smallest absolute Gasteiger partial charge is 0.387 e. The minimum atomic E-state index is -2.92. The number of nitrogens with zero attached hydrogens (tertiary/aromatic N) is 2. The maximum Gasteiger partial charge on any atom is 0.387 e. The van der Waals surface area contributed by atoms with E-state index in [0.29, 0.717) is 34.3 Å². The molecule has 1 saturated heterocycles. The van der Waals surface area contributed by atoms with Crippen molar-refractivity contribution in [2.75, 3.05) is 18.4 Å². The molecule has 32 heavy (non-hydrogen) atoms. The molecule has 0 saturated carbocycles. The van der Waals surface area contributed by atoms with Crippen molar-refractivity contribution < 1.29 is 27.8 Å². The Bertz CT molecular complexity index is 1080. The summed E-state index contributed by atoms with van der Waals surface area (Å²) in [6.07, 6.45) is 1.29. The van der Waals surface area contributed by atoms with Crippen LogP contribution in [0, 0.1) is 6.92 Å². The highest BCUT2D eigenvalue weighted by Crippen LogP contribution is 2.29. The summed E-state index contributed by atoms with van der Waals surface area (Å²) in [6.45, 7) is 1.05. The molecule has 170 valence electrons. The molecule has 3 heterocycles. The summed E-state index contributed by atoms with van der Waals surface area (Å²) in [4.78, 5) is 19.5. The molecule has 2 aromatic heterocycles. The highest BCUT2D eigenvalue weighted by molar-refractivity contribution is 7.14. The molecule has 0 unspecified atom stereocenters. The summed E-state index contributed by atoms with van der Waals surface area (Å²) in [5.41, 5.74) is 1.72. The first-order chi connectivity index (χ1) is 15.4. The number of hydrogen-bond acceptors (Lipinski definition) is 7. The number of thiazole rings is 1. The Morgan fingerprint density at radius 2 is 2.16 bits per heavy atom. The normalized spacial score (nSPS) is 15.3. The SMILES string of the molecule is Cc1oc(-c2cccc(OC(F)F)c2)cc1C(=O)Nc1nc(CN2CCC(O)CC2)cs1. The first-order valence-electron chi connectivity index (χ1n) is 10.2. The number of anilines is 1. The second-order valence-electron chi connectivity index (χ2n) is 7.59. The van der Waals surface area contributed by atoms with E-state index in [9.17, 15) is 18.7 Å². The zero-order valence-corrected chi connectivity index (χ0v) is 18.2. The molecule has 4 rings (SSSR count). The van der Waals surface area contributed by atoms with Crippen molar-refractivity contribution in [1.82, 2.24) is 9.88 Å². The highest BCUT2D eigenvalue weighted by atomic mass is 32.1. The molecule has 1 aliphatic rings. The molecule has 0 radical (unpaired) electrons. The van der Waals surface area contributed by atoms with Crippen molar-refractivity contribution in [3.8, 4) is 17.1 Å². The van der Waals surface area contributed by atoms with Crippen LogP contribution in [0.2, 0.25) is 0 Å². The third kappa shape index (κ3) is 5.50. The number of halogens is 2. The number of aliphatic hydroxyl groups is 1. The number of piperidine rings is 1. The molecule has 1 aliphatic heterocycles. The monoisotopic (exact) mass is 463 g/mol. The van der Waals surface area contributed by atoms with Gasteiger partial charge in [-0.25, -0.2) is 4.98 Å². The standard InChI is InChI=1S/C22H23F2N3O4S/c1-13-18(10-19(30-13)14-3-2-4-17(9-14)31-21(23)24)20(29)26-22-25-15(12-32-22)11-27-7-5-16(28)6-8-27/h2-4,9-10,12,16,21,28H,5-8,11H2,1H3,(H,25,26,29). The van der Waals surface area contributed by atoms with E-state index in [4.69, 9.17) is 4.42 Å². The lowest BCUT2D eigenvalue weighted by molar-refractivity contribution is -0.0498. The quantitative estimate of drug-likeness (QED) is 0.536. The van der Waals surface area contributed by atoms with Crippen LogP contribution in [0.5, 0.6) is 5.75 Å². The average molecular weight is 464 g/mol. The Labute approximate surface area is 187 Å². The number of alkyl halides is 2. The van der Waals surface area contributed by atoms with Crippen molar-refractivity contribution in [3.63, 3.8) is 0 Å². The van der Waals surface area contributed by atoms with E-state index in [1.54, 1.807) is 25.1 Å². The van der Waals surface area contributed by atoms with Crippen LogP contribution in [0.25, 0.3) is 11.3 Å². The molecule has 7 nitrogen and oxygen atoms in total. The van der Waals surface area contributed by atoms with Crippen LogP contribution in [0.4, 0.5) is 13.9 Å². The number of amides is 1. The van der Waals surface area contributed by atoms with Crippen LogP contribution in [0.3, 0.4) is 0 Å². The van der Waals surface area contributed by atoms with Gasteiger partial charge >= 0.3 is 6.61 Å². The lowest BCUT2D eigenvalue weighted by Crippen LogP contribution is -2.35. The van der Waals surface area contributed by atoms with Crippen molar-refractivity contribution in [2.24, 2.45) is 0 Å². The minimum absolute atomic E-state index is 0.0103. The largest absolute Gasteiger partial charge is 0.461 e. The fourth-order valence-electron chi connectivity index (χ4n) is 3.58. The van der Waals surface area contributed by atoms with Crippen molar-refractivity contribution in [1.29, 1.82) is 0 Å². The van der Waals surface area contributed by atoms with Crippen LogP contribution in [-0.4, -0.2) is 46.7 Å². The van der Waals surface area contributed by atoms with E-state index in [1.807, 2.05) is 5.38 Å². The lowest BCUT2D eigenvalue weighted by Gasteiger charge is -2.28. The van der Waals surface area contributed by atoms with Gasteiger partial charge in [0.25, 0.3) is 5.91 Å². The maximum atomic E-state index is 12.8. The lowest BCUT2D eigenvalue weighted by atomic mass is 10.1. The molecule has 10 heteroatoms. The molecule has 0 spiro atoms. The summed E-state index contributed by atoms with van der Waals surface area (Å²) in [7, 11) is 0. The van der Waals surface area contributed by atoms with Gasteiger partial charge in [0.2, 0.25) is 0 Å². The molecular formula is C22H23F2N3O4S. The van der Waals surface area contributed by atoms with Gasteiger partial charge < -0.3 is 14.3 Å². The summed E-state index contributed by atoms with van der Waals surface area (Å²) in [5, 5.41) is 14.8. The van der Waals surface area contributed by atoms with Crippen LogP contribution < -0.4 is 10.1 Å². The van der Waals surface area contributed by atoms with Crippen LogP contribution >= 0.6 is 11.3 Å². The highest BCUT2D eigenvalue weighted by Gasteiger charge is 2.20. The van der Waals surface area contributed by atoms with Gasteiger partial charge in [0.1, 0.15) is 17.3 Å². The second-order valence-corrected chi connectivity index (χ2v) is 8.45. The molecule has 0 atom stereocenters. The van der Waals surface area contributed by atoms with Gasteiger partial charge in [-0.1, -0.05) is 12.1 Å². The van der Waals surface area contributed by atoms with Crippen LogP contribution in [-0.2, 0) is 6.54 Å². The van der Waals surface area contributed by atoms with Gasteiger partial charge in [0.05, 0.1) is 17.4 Å². The number of hydrogen-bond donors (Lipinski definition) is 2. The average Bonchev–Trinajstić information content (AvgIpc) is 3.35. The number of aliphatic hydroxyl groups excluding tert-OH is 1. The van der Waals surface area contributed by atoms with E-state index < -0.39 is 6.61 Å². The Balaban J connectivity index is 1.41. The zero-order valence-electron chi connectivity index (χ0n) is 17.4. The molecule has 0 aliphatic carbocycles. The molecule has 1 aromatic carbocycles. The van der Waals surface area contributed by atoms with Crippen LogP contribution in [0.15, 0.2) is 40.1 Å². The summed E-state index contributed by atoms with van der Waals surface area (Å²) in [6, 6.07) is 7.68. The van der Waals surface area contributed by atoms with Gasteiger partial charge in [-0.2, -0.15) is 8.78 Å². The Hall–Kier alpha value is -2.82. The number of rotatable bonds is 7. The van der Waals surface area contributed by atoms with Gasteiger partial charge in [-0.3, -0.25) is 15.0 Å². The summed E-state index contributed by atoms with van der Waals surface area (Å²) in [5.74, 6) is 0.427. The Morgan fingerprint density at radius 1 is 1.38 bits per heavy atom. The van der Waals surface area contributed by atoms with Gasteiger partial charge in [0, 0.05) is 30.6 Å². The molecule has 2 N–H and O–H groups in total. The topological polar surface area (TPSA) is 87.8 Å². The summed E-state index contributed by atoms with van der Waals surface area (Å²) >= 11 is 1.34. The Morgan fingerprint density at radius 3 is 2.91 bits per heavy atom. The van der Waals surface area contributed by atoms with E-state index in [-0.39, 0.29) is 17.8 Å².